The second-order valence-corrected chi connectivity index (χ2v) is 9.99. The molecule has 0 amide bonds. The molecule has 5 heteroatoms. The zero-order valence-corrected chi connectivity index (χ0v) is 18.9. The molecule has 0 bridgehead atoms. The molecule has 0 aliphatic rings. The molecular formula is C23H41NO3S. The Kier molecular flexibility index (Phi) is 13.0. The van der Waals surface area contributed by atoms with Gasteiger partial charge < -0.3 is 5.11 Å². The van der Waals surface area contributed by atoms with Crippen molar-refractivity contribution in [2.45, 2.75) is 96.8 Å². The van der Waals surface area contributed by atoms with Crippen molar-refractivity contribution >= 4 is 15.7 Å². The molecule has 0 fully saturated rings. The summed E-state index contributed by atoms with van der Waals surface area (Å²) in [7, 11) is -1.87. The fourth-order valence-corrected chi connectivity index (χ4v) is 4.79. The number of anilines is 1. The normalized spacial score (nSPS) is 11.6. The number of unbranched alkanes of at least 4 members (excludes halogenated alkanes) is 13. The van der Waals surface area contributed by atoms with Crippen LogP contribution in [0.1, 0.15) is 96.8 Å². The maximum Gasteiger partial charge on any atom is 0.235 e. The maximum absolute atomic E-state index is 12.4. The van der Waals surface area contributed by atoms with Crippen molar-refractivity contribution in [1.29, 1.82) is 0 Å². The third kappa shape index (κ3) is 10.4. The Hall–Kier alpha value is -1.23. The van der Waals surface area contributed by atoms with Crippen LogP contribution in [0.2, 0.25) is 0 Å². The Labute approximate surface area is 173 Å². The van der Waals surface area contributed by atoms with E-state index in [1.807, 2.05) is 0 Å². The standard InChI is InChI=1S/C23H41NO3S/c1-3-4-5-6-7-8-9-10-11-12-13-14-15-18-21-28(26,27)24(2)22-19-16-17-20-23(22)25/h16-17,19-20,25H,3-15,18,21H2,1-2H3. The van der Waals surface area contributed by atoms with E-state index in [4.69, 9.17) is 0 Å². The molecule has 1 aromatic carbocycles. The topological polar surface area (TPSA) is 57.6 Å². The highest BCUT2D eigenvalue weighted by Crippen LogP contribution is 2.27. The lowest BCUT2D eigenvalue weighted by atomic mass is 10.0. The van der Waals surface area contributed by atoms with E-state index in [1.54, 1.807) is 18.2 Å². The number of hydrogen-bond donors (Lipinski definition) is 1. The molecule has 162 valence electrons. The number of benzene rings is 1. The van der Waals surface area contributed by atoms with E-state index in [9.17, 15) is 13.5 Å². The molecule has 0 saturated heterocycles. The second-order valence-electron chi connectivity index (χ2n) is 7.87. The number of nitrogens with zero attached hydrogens (tertiary/aromatic N) is 1. The van der Waals surface area contributed by atoms with E-state index in [2.05, 4.69) is 6.92 Å². The summed E-state index contributed by atoms with van der Waals surface area (Å²) >= 11 is 0. The molecule has 0 radical (unpaired) electrons. The van der Waals surface area contributed by atoms with E-state index < -0.39 is 10.0 Å². The number of hydrogen-bond acceptors (Lipinski definition) is 3. The third-order valence-electron chi connectivity index (χ3n) is 5.39. The van der Waals surface area contributed by atoms with E-state index in [0.717, 1.165) is 12.8 Å². The van der Waals surface area contributed by atoms with Gasteiger partial charge in [-0.15, -0.1) is 0 Å². The molecule has 4 nitrogen and oxygen atoms in total. The molecule has 1 rings (SSSR count). The zero-order chi connectivity index (χ0) is 20.7. The van der Waals surface area contributed by atoms with E-state index in [1.165, 1.54) is 88.0 Å². The van der Waals surface area contributed by atoms with Crippen molar-refractivity contribution in [3.05, 3.63) is 24.3 Å². The summed E-state index contributed by atoms with van der Waals surface area (Å²) in [5.41, 5.74) is 0.341. The monoisotopic (exact) mass is 411 g/mol. The van der Waals surface area contributed by atoms with Gasteiger partial charge in [0.2, 0.25) is 10.0 Å². The predicted molar refractivity (Wildman–Crippen MR) is 121 cm³/mol. The predicted octanol–water partition coefficient (Wildman–Crippen LogP) is 6.64. The van der Waals surface area contributed by atoms with Crippen LogP contribution in [-0.2, 0) is 10.0 Å². The number of phenols is 1. The second kappa shape index (κ2) is 14.7. The fourth-order valence-electron chi connectivity index (χ4n) is 3.50. The van der Waals surface area contributed by atoms with Gasteiger partial charge in [-0.2, -0.15) is 0 Å². The molecule has 0 unspecified atom stereocenters. The summed E-state index contributed by atoms with van der Waals surface area (Å²) in [6.45, 7) is 2.26. The molecule has 0 aliphatic carbocycles. The number of aromatic hydroxyl groups is 1. The summed E-state index contributed by atoms with van der Waals surface area (Å²) in [6, 6.07) is 6.55. The highest BCUT2D eigenvalue weighted by molar-refractivity contribution is 7.92. The van der Waals surface area contributed by atoms with Crippen LogP contribution in [0.4, 0.5) is 5.69 Å². The van der Waals surface area contributed by atoms with Crippen LogP contribution in [0.25, 0.3) is 0 Å². The van der Waals surface area contributed by atoms with Crippen LogP contribution in [0.5, 0.6) is 5.75 Å². The van der Waals surface area contributed by atoms with Crippen molar-refractivity contribution in [3.63, 3.8) is 0 Å². The molecule has 0 spiro atoms. The van der Waals surface area contributed by atoms with Crippen molar-refractivity contribution < 1.29 is 13.5 Å². The fraction of sp³-hybridized carbons (Fsp3) is 0.739. The smallest absolute Gasteiger partial charge is 0.235 e. The lowest BCUT2D eigenvalue weighted by Crippen LogP contribution is -2.29. The first-order chi connectivity index (χ1) is 13.5. The van der Waals surface area contributed by atoms with Gasteiger partial charge in [0.1, 0.15) is 5.75 Å². The quantitative estimate of drug-likeness (QED) is 0.292. The molecule has 0 aliphatic heterocycles. The van der Waals surface area contributed by atoms with Crippen LogP contribution >= 0.6 is 0 Å². The van der Waals surface area contributed by atoms with Crippen molar-refractivity contribution in [2.75, 3.05) is 17.1 Å². The first kappa shape index (κ1) is 24.8. The van der Waals surface area contributed by atoms with Crippen molar-refractivity contribution in [2.24, 2.45) is 0 Å². The van der Waals surface area contributed by atoms with Gasteiger partial charge in [0, 0.05) is 7.05 Å². The van der Waals surface area contributed by atoms with Gasteiger partial charge in [-0.05, 0) is 18.6 Å². The van der Waals surface area contributed by atoms with E-state index in [-0.39, 0.29) is 11.5 Å². The summed E-state index contributed by atoms with van der Waals surface area (Å²) < 4.78 is 26.0. The van der Waals surface area contributed by atoms with E-state index >= 15 is 0 Å². The minimum Gasteiger partial charge on any atom is -0.506 e. The van der Waals surface area contributed by atoms with E-state index in [0.29, 0.717) is 12.1 Å². The lowest BCUT2D eigenvalue weighted by Gasteiger charge is -2.20. The van der Waals surface area contributed by atoms with Crippen LogP contribution in [0, 0.1) is 0 Å². The van der Waals surface area contributed by atoms with Gasteiger partial charge in [-0.3, -0.25) is 4.31 Å². The Bertz CT molecular complexity index is 616. The highest BCUT2D eigenvalue weighted by atomic mass is 32.2. The average molecular weight is 412 g/mol. The minimum atomic E-state index is -3.38. The Morgan fingerprint density at radius 2 is 1.18 bits per heavy atom. The molecule has 1 N–H and O–H groups in total. The SMILES string of the molecule is CCCCCCCCCCCCCCCCS(=O)(=O)N(C)c1ccccc1O. The van der Waals surface area contributed by atoms with Gasteiger partial charge in [0.15, 0.2) is 0 Å². The van der Waals surface area contributed by atoms with Crippen LogP contribution < -0.4 is 4.31 Å². The van der Waals surface area contributed by atoms with Crippen molar-refractivity contribution in [1.82, 2.24) is 0 Å². The Balaban J connectivity index is 2.03. The average Bonchev–Trinajstić information content (AvgIpc) is 2.68. The Morgan fingerprint density at radius 3 is 1.64 bits per heavy atom. The number of rotatable bonds is 17. The summed E-state index contributed by atoms with van der Waals surface area (Å²) in [4.78, 5) is 0. The lowest BCUT2D eigenvalue weighted by molar-refractivity contribution is 0.476. The first-order valence-corrected chi connectivity index (χ1v) is 12.8. The van der Waals surface area contributed by atoms with Gasteiger partial charge in [-0.25, -0.2) is 8.42 Å². The van der Waals surface area contributed by atoms with Crippen molar-refractivity contribution in [3.8, 4) is 5.75 Å². The molecule has 0 aromatic heterocycles. The number of sulfonamides is 1. The third-order valence-corrected chi connectivity index (χ3v) is 7.23. The highest BCUT2D eigenvalue weighted by Gasteiger charge is 2.20. The molecule has 0 saturated carbocycles. The minimum absolute atomic E-state index is 0.00506. The first-order valence-electron chi connectivity index (χ1n) is 11.2. The molecule has 0 heterocycles. The zero-order valence-electron chi connectivity index (χ0n) is 18.0. The Morgan fingerprint density at radius 1 is 0.750 bits per heavy atom. The van der Waals surface area contributed by atoms with Crippen LogP contribution in [-0.4, -0.2) is 26.3 Å². The number of para-hydroxylation sites is 2. The molecule has 1 aromatic rings. The van der Waals surface area contributed by atoms with Crippen LogP contribution in [0.15, 0.2) is 24.3 Å². The van der Waals surface area contributed by atoms with Gasteiger partial charge in [0.05, 0.1) is 11.4 Å². The summed E-state index contributed by atoms with van der Waals surface area (Å²) in [5, 5.41) is 9.83. The van der Waals surface area contributed by atoms with Gasteiger partial charge in [-0.1, -0.05) is 103 Å². The van der Waals surface area contributed by atoms with Gasteiger partial charge in [0.25, 0.3) is 0 Å². The number of phenolic OH excluding ortho intramolecular Hbond substituents is 1. The largest absolute Gasteiger partial charge is 0.506 e. The summed E-state index contributed by atoms with van der Waals surface area (Å²) in [6.07, 6.45) is 17.5. The molecule has 28 heavy (non-hydrogen) atoms. The maximum atomic E-state index is 12.4. The molecular weight excluding hydrogens is 370 g/mol. The summed E-state index contributed by atoms with van der Waals surface area (Å²) in [5.74, 6) is 0.130. The van der Waals surface area contributed by atoms with Crippen LogP contribution in [0.3, 0.4) is 0 Å². The van der Waals surface area contributed by atoms with Gasteiger partial charge >= 0.3 is 0 Å². The molecule has 0 atom stereocenters.